The lowest BCUT2D eigenvalue weighted by molar-refractivity contribution is 0.568. The molecule has 3 aromatic rings. The van der Waals surface area contributed by atoms with Gasteiger partial charge in [0.1, 0.15) is 0 Å². The van der Waals surface area contributed by atoms with Gasteiger partial charge in [-0.25, -0.2) is 9.97 Å². The minimum absolute atomic E-state index is 0.273. The van der Waals surface area contributed by atoms with Crippen LogP contribution in [0.25, 0.3) is 22.2 Å². The number of nitrogen functional groups attached to an aromatic ring is 1. The molecule has 0 saturated heterocycles. The number of aromatic nitrogens is 2. The van der Waals surface area contributed by atoms with E-state index < -0.39 is 0 Å². The zero-order chi connectivity index (χ0) is 11.0. The Labute approximate surface area is 91.7 Å². The van der Waals surface area contributed by atoms with Crippen LogP contribution in [0.3, 0.4) is 0 Å². The maximum atomic E-state index is 5.68. The molecule has 16 heavy (non-hydrogen) atoms. The smallest absolute Gasteiger partial charge is 0.221 e. The fraction of sp³-hybridized carbons (Fsp3) is 0. The highest BCUT2D eigenvalue weighted by Crippen LogP contribution is 2.26. The fourth-order valence-electron chi connectivity index (χ4n) is 1.71. The normalized spacial score (nSPS) is 10.8. The van der Waals surface area contributed by atoms with Crippen LogP contribution >= 0.6 is 0 Å². The van der Waals surface area contributed by atoms with E-state index in [1.54, 1.807) is 12.5 Å². The number of rotatable bonds is 1. The van der Waals surface area contributed by atoms with E-state index in [-0.39, 0.29) is 5.95 Å². The Hall–Kier alpha value is -2.36. The summed E-state index contributed by atoms with van der Waals surface area (Å²) in [6, 6.07) is 9.61. The number of benzene rings is 1. The zero-order valence-electron chi connectivity index (χ0n) is 8.42. The van der Waals surface area contributed by atoms with Crippen molar-refractivity contribution in [1.29, 1.82) is 0 Å². The van der Waals surface area contributed by atoms with E-state index in [9.17, 15) is 0 Å². The van der Waals surface area contributed by atoms with Crippen LogP contribution in [-0.2, 0) is 0 Å². The molecule has 1 aromatic carbocycles. The Kier molecular flexibility index (Phi) is 1.86. The molecule has 3 rings (SSSR count). The minimum atomic E-state index is 0.273. The number of anilines is 1. The van der Waals surface area contributed by atoms with Crippen molar-refractivity contribution in [2.24, 2.45) is 0 Å². The molecule has 0 unspecified atom stereocenters. The van der Waals surface area contributed by atoms with Crippen LogP contribution in [0.4, 0.5) is 5.95 Å². The van der Waals surface area contributed by atoms with Crippen LogP contribution in [0.2, 0.25) is 0 Å². The lowest BCUT2D eigenvalue weighted by Gasteiger charge is -2.03. The van der Waals surface area contributed by atoms with Gasteiger partial charge in [-0.15, -0.1) is 0 Å². The highest BCUT2D eigenvalue weighted by atomic mass is 16.3. The molecule has 0 atom stereocenters. The molecule has 0 amide bonds. The molecule has 0 saturated carbocycles. The van der Waals surface area contributed by atoms with Gasteiger partial charge >= 0.3 is 0 Å². The van der Waals surface area contributed by atoms with Crippen LogP contribution < -0.4 is 5.73 Å². The van der Waals surface area contributed by atoms with E-state index in [1.807, 2.05) is 30.3 Å². The van der Waals surface area contributed by atoms with Crippen LogP contribution in [0.15, 0.2) is 47.3 Å². The van der Waals surface area contributed by atoms with E-state index in [2.05, 4.69) is 9.97 Å². The predicted molar refractivity (Wildman–Crippen MR) is 61.7 cm³/mol. The van der Waals surface area contributed by atoms with Gasteiger partial charge in [0.05, 0.1) is 23.7 Å². The average molecular weight is 211 g/mol. The molecule has 2 N–H and O–H groups in total. The summed E-state index contributed by atoms with van der Waals surface area (Å²) in [6.07, 6.45) is 3.26. The molecule has 4 nitrogen and oxygen atoms in total. The zero-order valence-corrected chi connectivity index (χ0v) is 8.42. The van der Waals surface area contributed by atoms with Gasteiger partial charge in [-0.05, 0) is 12.1 Å². The SMILES string of the molecule is Nc1nc(-c2ccoc2)c2ccccc2n1. The highest BCUT2D eigenvalue weighted by molar-refractivity contribution is 5.92. The molecule has 0 aliphatic rings. The third-order valence-corrected chi connectivity index (χ3v) is 2.42. The first kappa shape index (κ1) is 8.91. The van der Waals surface area contributed by atoms with Crippen LogP contribution in [-0.4, -0.2) is 9.97 Å². The maximum Gasteiger partial charge on any atom is 0.221 e. The molecule has 0 radical (unpaired) electrons. The molecule has 0 spiro atoms. The van der Waals surface area contributed by atoms with Crippen molar-refractivity contribution < 1.29 is 4.42 Å². The summed E-state index contributed by atoms with van der Waals surface area (Å²) >= 11 is 0. The number of hydrogen-bond acceptors (Lipinski definition) is 4. The van der Waals surface area contributed by atoms with E-state index in [0.29, 0.717) is 0 Å². The molecule has 0 fully saturated rings. The van der Waals surface area contributed by atoms with E-state index in [1.165, 1.54) is 0 Å². The second kappa shape index (κ2) is 3.34. The lowest BCUT2D eigenvalue weighted by atomic mass is 10.1. The molecule has 4 heteroatoms. The number of nitrogens with zero attached hydrogens (tertiary/aromatic N) is 2. The predicted octanol–water partition coefficient (Wildman–Crippen LogP) is 2.47. The number of para-hydroxylation sites is 1. The van der Waals surface area contributed by atoms with Gasteiger partial charge in [-0.2, -0.15) is 0 Å². The fourth-order valence-corrected chi connectivity index (χ4v) is 1.71. The number of furan rings is 1. The van der Waals surface area contributed by atoms with Crippen LogP contribution in [0.5, 0.6) is 0 Å². The monoisotopic (exact) mass is 211 g/mol. The Bertz CT molecular complexity index is 632. The number of hydrogen-bond donors (Lipinski definition) is 1. The Morgan fingerprint density at radius 1 is 1.06 bits per heavy atom. The molecule has 2 aromatic heterocycles. The van der Waals surface area contributed by atoms with Crippen molar-refractivity contribution in [3.8, 4) is 11.3 Å². The summed E-state index contributed by atoms with van der Waals surface area (Å²) in [7, 11) is 0. The van der Waals surface area contributed by atoms with Crippen molar-refractivity contribution in [3.63, 3.8) is 0 Å². The third kappa shape index (κ3) is 1.32. The summed E-state index contributed by atoms with van der Waals surface area (Å²) < 4.78 is 5.06. The first-order chi connectivity index (χ1) is 7.84. The molecule has 0 bridgehead atoms. The lowest BCUT2D eigenvalue weighted by Crippen LogP contribution is -1.97. The van der Waals surface area contributed by atoms with Crippen LogP contribution in [0, 0.1) is 0 Å². The Balaban J connectivity index is 2.39. The molecule has 0 aliphatic heterocycles. The van der Waals surface area contributed by atoms with Gasteiger partial charge < -0.3 is 10.2 Å². The van der Waals surface area contributed by atoms with Crippen LogP contribution in [0.1, 0.15) is 0 Å². The maximum absolute atomic E-state index is 5.68. The van der Waals surface area contributed by atoms with Crippen molar-refractivity contribution in [3.05, 3.63) is 42.9 Å². The van der Waals surface area contributed by atoms with Crippen molar-refractivity contribution >= 4 is 16.9 Å². The average Bonchev–Trinajstić information content (AvgIpc) is 2.81. The van der Waals surface area contributed by atoms with Gasteiger partial charge in [0, 0.05) is 10.9 Å². The van der Waals surface area contributed by atoms with Crippen molar-refractivity contribution in [2.45, 2.75) is 0 Å². The van der Waals surface area contributed by atoms with Gasteiger partial charge in [0.2, 0.25) is 5.95 Å². The highest BCUT2D eigenvalue weighted by Gasteiger charge is 2.08. The second-order valence-corrected chi connectivity index (χ2v) is 3.46. The summed E-state index contributed by atoms with van der Waals surface area (Å²) in [5.74, 6) is 0.273. The third-order valence-electron chi connectivity index (χ3n) is 2.42. The molecular weight excluding hydrogens is 202 g/mol. The summed E-state index contributed by atoms with van der Waals surface area (Å²) in [5.41, 5.74) is 8.23. The second-order valence-electron chi connectivity index (χ2n) is 3.46. The van der Waals surface area contributed by atoms with Gasteiger partial charge in [0.15, 0.2) is 0 Å². The van der Waals surface area contributed by atoms with Gasteiger partial charge in [-0.3, -0.25) is 0 Å². The minimum Gasteiger partial charge on any atom is -0.472 e. The molecule has 2 heterocycles. The number of nitrogens with two attached hydrogens (primary N) is 1. The first-order valence-corrected chi connectivity index (χ1v) is 4.89. The quantitative estimate of drug-likeness (QED) is 0.671. The van der Waals surface area contributed by atoms with E-state index >= 15 is 0 Å². The Morgan fingerprint density at radius 2 is 1.94 bits per heavy atom. The molecule has 78 valence electrons. The topological polar surface area (TPSA) is 64.9 Å². The molecule has 0 aliphatic carbocycles. The van der Waals surface area contributed by atoms with Gasteiger partial charge in [-0.1, -0.05) is 18.2 Å². The number of fused-ring (bicyclic) bond motifs is 1. The van der Waals surface area contributed by atoms with E-state index in [0.717, 1.165) is 22.2 Å². The molecular formula is C12H9N3O. The summed E-state index contributed by atoms with van der Waals surface area (Å²) in [6.45, 7) is 0. The first-order valence-electron chi connectivity index (χ1n) is 4.89. The van der Waals surface area contributed by atoms with Gasteiger partial charge in [0.25, 0.3) is 0 Å². The summed E-state index contributed by atoms with van der Waals surface area (Å²) in [4.78, 5) is 8.43. The van der Waals surface area contributed by atoms with Crippen molar-refractivity contribution in [2.75, 3.05) is 5.73 Å². The standard InChI is InChI=1S/C12H9N3O/c13-12-14-10-4-2-1-3-9(10)11(15-12)8-5-6-16-7-8/h1-7H,(H2,13,14,15). The van der Waals surface area contributed by atoms with E-state index in [4.69, 9.17) is 10.2 Å². The largest absolute Gasteiger partial charge is 0.472 e. The summed E-state index contributed by atoms with van der Waals surface area (Å²) in [5, 5.41) is 0.970. The van der Waals surface area contributed by atoms with Crippen molar-refractivity contribution in [1.82, 2.24) is 9.97 Å². The Morgan fingerprint density at radius 3 is 2.75 bits per heavy atom.